The molecule has 1 unspecified atom stereocenters. The topological polar surface area (TPSA) is 44.4 Å². The molecule has 134 valence electrons. The predicted molar refractivity (Wildman–Crippen MR) is 95.6 cm³/mol. The van der Waals surface area contributed by atoms with Gasteiger partial charge in [-0.25, -0.2) is 9.18 Å². The van der Waals surface area contributed by atoms with E-state index in [4.69, 9.17) is 0 Å². The summed E-state index contributed by atoms with van der Waals surface area (Å²) in [5.41, 5.74) is 0.954. The summed E-state index contributed by atoms with van der Waals surface area (Å²) >= 11 is 0. The number of carbonyl (C=O) groups is 1. The zero-order valence-electron chi connectivity index (χ0n) is 15.1. The van der Waals surface area contributed by atoms with Crippen LogP contribution in [-0.4, -0.2) is 42.1 Å². The highest BCUT2D eigenvalue weighted by Gasteiger charge is 2.28. The molecule has 1 aromatic rings. The molecule has 1 heterocycles. The number of unbranched alkanes of at least 4 members (excludes halogenated alkanes) is 1. The first-order chi connectivity index (χ1) is 11.3. The van der Waals surface area contributed by atoms with Gasteiger partial charge in [0.25, 0.3) is 0 Å². The average Bonchev–Trinajstić information content (AvgIpc) is 2.52. The van der Waals surface area contributed by atoms with Gasteiger partial charge < -0.3 is 15.5 Å². The van der Waals surface area contributed by atoms with Crippen LogP contribution in [0.15, 0.2) is 24.3 Å². The van der Waals surface area contributed by atoms with E-state index in [2.05, 4.69) is 10.6 Å². The summed E-state index contributed by atoms with van der Waals surface area (Å²) in [6.07, 6.45) is 4.06. The molecule has 2 N–H and O–H groups in total. The fourth-order valence-corrected chi connectivity index (χ4v) is 3.04. The van der Waals surface area contributed by atoms with Crippen LogP contribution in [0.2, 0.25) is 0 Å². The second-order valence-corrected chi connectivity index (χ2v) is 7.60. The van der Waals surface area contributed by atoms with E-state index in [1.54, 1.807) is 0 Å². The monoisotopic (exact) mass is 335 g/mol. The number of nitrogens with one attached hydrogen (secondary N) is 2. The molecule has 2 rings (SSSR count). The summed E-state index contributed by atoms with van der Waals surface area (Å²) in [6, 6.07) is 7.00. The van der Waals surface area contributed by atoms with Crippen molar-refractivity contribution in [3.8, 4) is 0 Å². The van der Waals surface area contributed by atoms with Gasteiger partial charge in [0.05, 0.1) is 0 Å². The van der Waals surface area contributed by atoms with Gasteiger partial charge in [-0.15, -0.1) is 0 Å². The van der Waals surface area contributed by atoms with Gasteiger partial charge in [0.1, 0.15) is 5.82 Å². The third kappa shape index (κ3) is 6.11. The van der Waals surface area contributed by atoms with Crippen LogP contribution in [0.4, 0.5) is 9.18 Å². The van der Waals surface area contributed by atoms with E-state index in [1.807, 2.05) is 37.8 Å². The number of aryl methyl sites for hydroxylation is 1. The van der Waals surface area contributed by atoms with Crippen LogP contribution in [-0.2, 0) is 6.42 Å². The van der Waals surface area contributed by atoms with Crippen molar-refractivity contribution in [1.82, 2.24) is 15.5 Å². The van der Waals surface area contributed by atoms with Crippen LogP contribution < -0.4 is 10.6 Å². The van der Waals surface area contributed by atoms with E-state index in [0.717, 1.165) is 45.3 Å². The van der Waals surface area contributed by atoms with Crippen LogP contribution in [0.25, 0.3) is 0 Å². The van der Waals surface area contributed by atoms with Crippen molar-refractivity contribution in [2.24, 2.45) is 0 Å². The number of piperazine rings is 1. The van der Waals surface area contributed by atoms with Crippen LogP contribution in [0.1, 0.15) is 45.6 Å². The highest BCUT2D eigenvalue weighted by molar-refractivity contribution is 5.75. The van der Waals surface area contributed by atoms with Gasteiger partial charge in [0.15, 0.2) is 0 Å². The average molecular weight is 335 g/mol. The molecule has 0 aliphatic carbocycles. The Kier molecular flexibility index (Phi) is 6.60. The maximum atomic E-state index is 12.9. The number of carbonyl (C=O) groups excluding carboxylic acids is 1. The largest absolute Gasteiger partial charge is 0.333 e. The third-order valence-corrected chi connectivity index (χ3v) is 4.26. The van der Waals surface area contributed by atoms with Gasteiger partial charge in [-0.3, -0.25) is 0 Å². The number of amides is 2. The lowest BCUT2D eigenvalue weighted by molar-refractivity contribution is 0.145. The Labute approximate surface area is 144 Å². The standard InChI is InChI=1S/C19H30FN3O/c1-19(2,3)22-18(24)23-13-12-21-14-17(23)7-5-4-6-15-8-10-16(20)11-9-15/h8-11,17,21H,4-7,12-14H2,1-3H3,(H,22,24). The molecule has 0 aromatic heterocycles. The number of urea groups is 1. The molecule has 4 nitrogen and oxygen atoms in total. The van der Waals surface area contributed by atoms with Crippen molar-refractivity contribution in [3.05, 3.63) is 35.6 Å². The maximum absolute atomic E-state index is 12.9. The van der Waals surface area contributed by atoms with Gasteiger partial charge in [-0.2, -0.15) is 0 Å². The smallest absolute Gasteiger partial charge is 0.318 e. The molecule has 5 heteroatoms. The Hall–Kier alpha value is -1.62. The summed E-state index contributed by atoms with van der Waals surface area (Å²) in [4.78, 5) is 14.4. The summed E-state index contributed by atoms with van der Waals surface area (Å²) in [6.45, 7) is 8.47. The minimum atomic E-state index is -0.213. The lowest BCUT2D eigenvalue weighted by atomic mass is 10.0. The van der Waals surface area contributed by atoms with Crippen molar-refractivity contribution in [1.29, 1.82) is 0 Å². The normalized spacial score (nSPS) is 18.5. The molecule has 0 spiro atoms. The quantitative estimate of drug-likeness (QED) is 0.811. The molecule has 0 radical (unpaired) electrons. The van der Waals surface area contributed by atoms with E-state index in [9.17, 15) is 9.18 Å². The molecule has 1 aliphatic rings. The van der Waals surface area contributed by atoms with Gasteiger partial charge >= 0.3 is 6.03 Å². The Bertz CT molecular complexity index is 524. The van der Waals surface area contributed by atoms with Crippen LogP contribution in [0, 0.1) is 5.82 Å². The van der Waals surface area contributed by atoms with Crippen LogP contribution in [0.3, 0.4) is 0 Å². The van der Waals surface area contributed by atoms with Gasteiger partial charge in [-0.1, -0.05) is 18.6 Å². The minimum Gasteiger partial charge on any atom is -0.333 e. The Morgan fingerprint density at radius 3 is 2.67 bits per heavy atom. The van der Waals surface area contributed by atoms with Crippen molar-refractivity contribution >= 4 is 6.03 Å². The molecule has 0 saturated carbocycles. The molecular weight excluding hydrogens is 305 g/mol. The Morgan fingerprint density at radius 1 is 1.29 bits per heavy atom. The first kappa shape index (κ1) is 18.7. The van der Waals surface area contributed by atoms with Gasteiger partial charge in [0.2, 0.25) is 0 Å². The summed E-state index contributed by atoms with van der Waals surface area (Å²) in [5.74, 6) is -0.187. The first-order valence-corrected chi connectivity index (χ1v) is 8.89. The molecule has 1 aliphatic heterocycles. The van der Waals surface area contributed by atoms with Crippen molar-refractivity contribution in [2.75, 3.05) is 19.6 Å². The van der Waals surface area contributed by atoms with E-state index >= 15 is 0 Å². The maximum Gasteiger partial charge on any atom is 0.318 e. The first-order valence-electron chi connectivity index (χ1n) is 8.89. The SMILES string of the molecule is CC(C)(C)NC(=O)N1CCNCC1CCCCc1ccc(F)cc1. The number of hydrogen-bond donors (Lipinski definition) is 2. The van der Waals surface area contributed by atoms with E-state index in [0.29, 0.717) is 0 Å². The number of benzene rings is 1. The second-order valence-electron chi connectivity index (χ2n) is 7.60. The zero-order valence-corrected chi connectivity index (χ0v) is 15.1. The number of nitrogens with zero attached hydrogens (tertiary/aromatic N) is 1. The Morgan fingerprint density at radius 2 is 2.00 bits per heavy atom. The lowest BCUT2D eigenvalue weighted by Gasteiger charge is -2.38. The summed E-state index contributed by atoms with van der Waals surface area (Å²) in [7, 11) is 0. The highest BCUT2D eigenvalue weighted by atomic mass is 19.1. The van der Waals surface area contributed by atoms with Gasteiger partial charge in [-0.05, 0) is 57.7 Å². The van der Waals surface area contributed by atoms with Crippen molar-refractivity contribution in [3.63, 3.8) is 0 Å². The zero-order chi connectivity index (χ0) is 17.6. The van der Waals surface area contributed by atoms with Gasteiger partial charge in [0, 0.05) is 31.2 Å². The van der Waals surface area contributed by atoms with Crippen LogP contribution in [0.5, 0.6) is 0 Å². The minimum absolute atomic E-state index is 0.0348. The molecule has 1 aromatic carbocycles. The highest BCUT2D eigenvalue weighted by Crippen LogP contribution is 2.15. The fraction of sp³-hybridized carbons (Fsp3) is 0.632. The van der Waals surface area contributed by atoms with Crippen LogP contribution >= 0.6 is 0 Å². The second kappa shape index (κ2) is 8.47. The predicted octanol–water partition coefficient (Wildman–Crippen LogP) is 3.32. The molecule has 0 bridgehead atoms. The third-order valence-electron chi connectivity index (χ3n) is 4.26. The molecule has 24 heavy (non-hydrogen) atoms. The molecule has 1 atom stereocenters. The summed E-state index contributed by atoms with van der Waals surface area (Å²) in [5, 5.41) is 6.45. The fourth-order valence-electron chi connectivity index (χ4n) is 3.04. The number of rotatable bonds is 5. The van der Waals surface area contributed by atoms with E-state index in [-0.39, 0.29) is 23.4 Å². The molecule has 1 fully saturated rings. The molecular formula is C19H30FN3O. The Balaban J connectivity index is 1.78. The molecule has 2 amide bonds. The van der Waals surface area contributed by atoms with E-state index in [1.165, 1.54) is 17.7 Å². The van der Waals surface area contributed by atoms with Crippen molar-refractivity contribution < 1.29 is 9.18 Å². The molecule has 1 saturated heterocycles. The lowest BCUT2D eigenvalue weighted by Crippen LogP contribution is -2.58. The van der Waals surface area contributed by atoms with Crippen molar-refractivity contribution in [2.45, 2.75) is 58.0 Å². The summed E-state index contributed by atoms with van der Waals surface area (Å²) < 4.78 is 12.9. The number of hydrogen-bond acceptors (Lipinski definition) is 2. The van der Waals surface area contributed by atoms with E-state index < -0.39 is 0 Å². The number of halogens is 1.